The molecule has 0 aliphatic heterocycles. The lowest BCUT2D eigenvalue weighted by Gasteiger charge is -2.18. The third kappa shape index (κ3) is 2.94. The van der Waals surface area contributed by atoms with E-state index in [9.17, 15) is 9.18 Å². The molecule has 4 rings (SSSR count). The molecule has 0 bridgehead atoms. The summed E-state index contributed by atoms with van der Waals surface area (Å²) >= 11 is 0. The first-order chi connectivity index (χ1) is 13.0. The highest BCUT2D eigenvalue weighted by atomic mass is 19.1. The molecule has 0 fully saturated rings. The topological polar surface area (TPSA) is 65.8 Å². The molecule has 2 aromatic heterocycles. The molecule has 4 aromatic rings. The summed E-state index contributed by atoms with van der Waals surface area (Å²) in [5, 5.41) is 5.55. The lowest BCUT2D eigenvalue weighted by molar-refractivity contribution is 0.625. The molecule has 0 amide bonds. The van der Waals surface area contributed by atoms with Gasteiger partial charge < -0.3 is 5.73 Å². The maximum atomic E-state index is 13.8. The van der Waals surface area contributed by atoms with E-state index in [4.69, 9.17) is 5.73 Å². The van der Waals surface area contributed by atoms with Gasteiger partial charge in [0, 0.05) is 30.5 Å². The van der Waals surface area contributed by atoms with Crippen molar-refractivity contribution in [2.75, 3.05) is 0 Å². The zero-order valence-corrected chi connectivity index (χ0v) is 15.1. The van der Waals surface area contributed by atoms with Crippen LogP contribution in [0, 0.1) is 5.82 Å². The molecular formula is C21H19FN4O. The maximum absolute atomic E-state index is 13.8. The number of nitrogens with zero attached hydrogens (tertiary/aromatic N) is 3. The summed E-state index contributed by atoms with van der Waals surface area (Å²) in [7, 11) is 1.83. The molecule has 2 heterocycles. The fraction of sp³-hybridized carbons (Fsp3) is 0.143. The zero-order valence-electron chi connectivity index (χ0n) is 15.1. The Hall–Kier alpha value is -3.25. The normalized spacial score (nSPS) is 12.4. The van der Waals surface area contributed by atoms with Gasteiger partial charge >= 0.3 is 0 Å². The predicted octanol–water partition coefficient (Wildman–Crippen LogP) is 3.55. The predicted molar refractivity (Wildman–Crippen MR) is 104 cm³/mol. The maximum Gasteiger partial charge on any atom is 0.263 e. The molecule has 0 saturated heterocycles. The Morgan fingerprint density at radius 3 is 2.59 bits per heavy atom. The summed E-state index contributed by atoms with van der Waals surface area (Å²) in [5.41, 5.74) is 8.62. The van der Waals surface area contributed by atoms with Crippen LogP contribution in [0.1, 0.15) is 18.7 Å². The molecule has 0 radical (unpaired) electrons. The van der Waals surface area contributed by atoms with E-state index in [2.05, 4.69) is 5.10 Å². The average Bonchev–Trinajstić information content (AvgIpc) is 3.07. The molecule has 136 valence electrons. The molecule has 27 heavy (non-hydrogen) atoms. The van der Waals surface area contributed by atoms with E-state index < -0.39 is 11.9 Å². The number of halogens is 1. The number of fused-ring (bicyclic) bond motifs is 1. The van der Waals surface area contributed by atoms with Crippen LogP contribution in [0.4, 0.5) is 4.39 Å². The summed E-state index contributed by atoms with van der Waals surface area (Å²) in [6, 6.07) is 13.2. The number of hydrogen-bond acceptors (Lipinski definition) is 3. The number of rotatable bonds is 3. The van der Waals surface area contributed by atoms with Crippen LogP contribution < -0.4 is 11.3 Å². The van der Waals surface area contributed by atoms with Crippen molar-refractivity contribution in [3.63, 3.8) is 0 Å². The van der Waals surface area contributed by atoms with Crippen LogP contribution in [0.3, 0.4) is 0 Å². The van der Waals surface area contributed by atoms with Crippen molar-refractivity contribution in [3.8, 4) is 16.8 Å². The van der Waals surface area contributed by atoms with Crippen molar-refractivity contribution >= 4 is 10.8 Å². The lowest BCUT2D eigenvalue weighted by atomic mass is 10.00. The molecular weight excluding hydrogens is 343 g/mol. The Morgan fingerprint density at radius 1 is 1.15 bits per heavy atom. The van der Waals surface area contributed by atoms with Crippen molar-refractivity contribution in [2.24, 2.45) is 12.8 Å². The van der Waals surface area contributed by atoms with Gasteiger partial charge in [-0.2, -0.15) is 5.10 Å². The Bertz CT molecular complexity index is 1210. The number of nitrogens with two attached hydrogens (primary N) is 1. The highest BCUT2D eigenvalue weighted by Gasteiger charge is 2.17. The third-order valence-corrected chi connectivity index (χ3v) is 4.62. The van der Waals surface area contributed by atoms with Crippen molar-refractivity contribution in [2.45, 2.75) is 13.0 Å². The first kappa shape index (κ1) is 17.2. The standard InChI is InChI=1S/C21H19FN4O/c1-13(23)19-9-14-5-3-8-18(15-11-24-25(2)12-15)20(14)21(27)26(19)17-7-4-6-16(22)10-17/h3-13H,23H2,1-2H3/t13-/m0/s1. The Labute approximate surface area is 155 Å². The summed E-state index contributed by atoms with van der Waals surface area (Å²) < 4.78 is 17.0. The minimum atomic E-state index is -0.407. The van der Waals surface area contributed by atoms with Crippen LogP contribution in [0.5, 0.6) is 0 Å². The number of benzene rings is 2. The zero-order chi connectivity index (χ0) is 19.1. The second kappa shape index (κ2) is 6.48. The minimum absolute atomic E-state index is 0.232. The van der Waals surface area contributed by atoms with Gasteiger partial charge in [-0.15, -0.1) is 0 Å². The molecule has 6 heteroatoms. The number of aromatic nitrogens is 3. The van der Waals surface area contributed by atoms with Gasteiger partial charge in [-0.3, -0.25) is 14.0 Å². The quantitative estimate of drug-likeness (QED) is 0.606. The Kier molecular flexibility index (Phi) is 4.12. The molecule has 1 atom stereocenters. The molecule has 5 nitrogen and oxygen atoms in total. The van der Waals surface area contributed by atoms with Crippen LogP contribution in [-0.4, -0.2) is 14.3 Å². The first-order valence-corrected chi connectivity index (χ1v) is 8.65. The van der Waals surface area contributed by atoms with Crippen LogP contribution in [-0.2, 0) is 7.05 Å². The van der Waals surface area contributed by atoms with Crippen LogP contribution in [0.2, 0.25) is 0 Å². The third-order valence-electron chi connectivity index (χ3n) is 4.62. The lowest BCUT2D eigenvalue weighted by Crippen LogP contribution is -2.26. The van der Waals surface area contributed by atoms with E-state index >= 15 is 0 Å². The van der Waals surface area contributed by atoms with Crippen molar-refractivity contribution < 1.29 is 4.39 Å². The number of aryl methyl sites for hydroxylation is 1. The van der Waals surface area contributed by atoms with Crippen molar-refractivity contribution in [1.29, 1.82) is 0 Å². The van der Waals surface area contributed by atoms with Crippen LogP contribution >= 0.6 is 0 Å². The second-order valence-electron chi connectivity index (χ2n) is 6.65. The van der Waals surface area contributed by atoms with E-state index in [1.807, 2.05) is 37.5 Å². The molecule has 0 aliphatic rings. The summed E-state index contributed by atoms with van der Waals surface area (Å²) in [5.74, 6) is -0.407. The van der Waals surface area contributed by atoms with Gasteiger partial charge in [0.05, 0.1) is 17.3 Å². The molecule has 0 saturated carbocycles. The SMILES string of the molecule is C[C@H](N)c1cc2cccc(-c3cnn(C)c3)c2c(=O)n1-c1cccc(F)c1. The smallest absolute Gasteiger partial charge is 0.263 e. The minimum Gasteiger partial charge on any atom is -0.323 e. The van der Waals surface area contributed by atoms with E-state index in [0.717, 1.165) is 16.5 Å². The van der Waals surface area contributed by atoms with E-state index in [1.165, 1.54) is 16.7 Å². The highest BCUT2D eigenvalue weighted by molar-refractivity contribution is 5.96. The average molecular weight is 362 g/mol. The highest BCUT2D eigenvalue weighted by Crippen LogP contribution is 2.28. The second-order valence-corrected chi connectivity index (χ2v) is 6.65. The van der Waals surface area contributed by atoms with Crippen molar-refractivity contribution in [3.05, 3.63) is 82.8 Å². The van der Waals surface area contributed by atoms with Crippen LogP contribution in [0.15, 0.2) is 65.7 Å². The molecule has 0 aliphatic carbocycles. The van der Waals surface area contributed by atoms with E-state index in [0.29, 0.717) is 16.8 Å². The van der Waals surface area contributed by atoms with Crippen molar-refractivity contribution in [1.82, 2.24) is 14.3 Å². The first-order valence-electron chi connectivity index (χ1n) is 8.65. The van der Waals surface area contributed by atoms with E-state index in [1.54, 1.807) is 29.9 Å². The summed E-state index contributed by atoms with van der Waals surface area (Å²) in [4.78, 5) is 13.5. The molecule has 2 aromatic carbocycles. The Morgan fingerprint density at radius 2 is 1.93 bits per heavy atom. The molecule has 2 N–H and O–H groups in total. The number of pyridine rings is 1. The fourth-order valence-corrected chi connectivity index (χ4v) is 3.40. The van der Waals surface area contributed by atoms with E-state index in [-0.39, 0.29) is 5.56 Å². The van der Waals surface area contributed by atoms with Gasteiger partial charge in [0.1, 0.15) is 5.82 Å². The van der Waals surface area contributed by atoms with Crippen LogP contribution in [0.25, 0.3) is 27.6 Å². The van der Waals surface area contributed by atoms with Gasteiger partial charge in [-0.1, -0.05) is 24.3 Å². The number of hydrogen-bond donors (Lipinski definition) is 1. The van der Waals surface area contributed by atoms with Gasteiger partial charge in [0.15, 0.2) is 0 Å². The largest absolute Gasteiger partial charge is 0.323 e. The van der Waals surface area contributed by atoms with Gasteiger partial charge in [-0.05, 0) is 42.1 Å². The molecule has 0 spiro atoms. The Balaban J connectivity index is 2.12. The van der Waals surface area contributed by atoms with Gasteiger partial charge in [0.25, 0.3) is 5.56 Å². The van der Waals surface area contributed by atoms with Gasteiger partial charge in [0.2, 0.25) is 0 Å². The summed E-state index contributed by atoms with van der Waals surface area (Å²) in [6.07, 6.45) is 3.58. The summed E-state index contributed by atoms with van der Waals surface area (Å²) in [6.45, 7) is 1.81. The fourth-order valence-electron chi connectivity index (χ4n) is 3.40. The molecule has 0 unspecified atom stereocenters. The van der Waals surface area contributed by atoms with Gasteiger partial charge in [-0.25, -0.2) is 4.39 Å². The monoisotopic (exact) mass is 362 g/mol.